The molecular formula is C23H25N5O6. The number of benzene rings is 1. The number of H-pyrrole nitrogens is 2. The van der Waals surface area contributed by atoms with Crippen LogP contribution in [0.15, 0.2) is 61.9 Å². The number of hydrogen-bond donors (Lipinski definition) is 3. The van der Waals surface area contributed by atoms with Crippen molar-refractivity contribution in [3.8, 4) is 5.75 Å². The van der Waals surface area contributed by atoms with Crippen molar-refractivity contribution in [2.75, 3.05) is 7.11 Å². The molecule has 0 spiro atoms. The zero-order valence-corrected chi connectivity index (χ0v) is 19.0. The molecule has 3 aromatic rings. The number of ether oxygens (including phenoxy) is 1. The second kappa shape index (κ2) is 10.5. The smallest absolute Gasteiger partial charge is 0.328 e. The number of carbonyl (C=O) groups excluding carboxylic acids is 1. The number of amides is 1. The van der Waals surface area contributed by atoms with Gasteiger partial charge in [0.2, 0.25) is 5.91 Å². The highest BCUT2D eigenvalue weighted by Crippen LogP contribution is 2.12. The molecule has 0 radical (unpaired) electrons. The molecule has 2 heterocycles. The summed E-state index contributed by atoms with van der Waals surface area (Å²) >= 11 is 0. The summed E-state index contributed by atoms with van der Waals surface area (Å²) in [6, 6.07) is 6.36. The third-order valence-corrected chi connectivity index (χ3v) is 5.10. The first-order chi connectivity index (χ1) is 16.2. The van der Waals surface area contributed by atoms with Gasteiger partial charge in [0.15, 0.2) is 0 Å². The molecule has 0 aliphatic rings. The second-order valence-corrected chi connectivity index (χ2v) is 7.76. The largest absolute Gasteiger partial charge is 0.497 e. The van der Waals surface area contributed by atoms with Crippen molar-refractivity contribution in [1.29, 1.82) is 0 Å². The molecule has 0 atom stereocenters. The Balaban J connectivity index is 1.86. The summed E-state index contributed by atoms with van der Waals surface area (Å²) in [5.74, 6) is 0.231. The molecule has 0 saturated carbocycles. The molecule has 0 aliphatic heterocycles. The Morgan fingerprint density at radius 3 is 1.91 bits per heavy atom. The van der Waals surface area contributed by atoms with Crippen LogP contribution in [0.2, 0.25) is 0 Å². The molecule has 0 unspecified atom stereocenters. The maximum atomic E-state index is 12.6. The molecule has 11 nitrogen and oxygen atoms in total. The van der Waals surface area contributed by atoms with Crippen LogP contribution in [0, 0.1) is 13.8 Å². The predicted octanol–water partition coefficient (Wildman–Crippen LogP) is -0.0896. The first kappa shape index (κ1) is 24.2. The van der Waals surface area contributed by atoms with Crippen LogP contribution < -0.4 is 32.6 Å². The topological polar surface area (TPSA) is 148 Å². The second-order valence-electron chi connectivity index (χ2n) is 7.76. The molecular weight excluding hydrogens is 442 g/mol. The fourth-order valence-corrected chi connectivity index (χ4v) is 3.27. The van der Waals surface area contributed by atoms with Crippen molar-refractivity contribution in [3.05, 3.63) is 101 Å². The molecule has 11 heteroatoms. The van der Waals surface area contributed by atoms with Gasteiger partial charge in [-0.2, -0.15) is 0 Å². The molecule has 0 saturated heterocycles. The van der Waals surface area contributed by atoms with Gasteiger partial charge in [0.25, 0.3) is 11.1 Å². The lowest BCUT2D eigenvalue weighted by molar-refractivity contribution is -0.117. The fraction of sp³-hybridized carbons (Fsp3) is 0.261. The number of aromatic amines is 2. The van der Waals surface area contributed by atoms with E-state index in [1.54, 1.807) is 51.3 Å². The summed E-state index contributed by atoms with van der Waals surface area (Å²) in [6.45, 7) is 3.05. The molecule has 0 aliphatic carbocycles. The van der Waals surface area contributed by atoms with Crippen molar-refractivity contribution < 1.29 is 9.53 Å². The number of aromatic nitrogens is 4. The molecule has 3 rings (SSSR count). The highest BCUT2D eigenvalue weighted by Gasteiger charge is 2.16. The number of nitrogens with zero attached hydrogens (tertiary/aromatic N) is 2. The van der Waals surface area contributed by atoms with E-state index < -0.39 is 34.4 Å². The van der Waals surface area contributed by atoms with Crippen LogP contribution in [0.5, 0.6) is 5.75 Å². The van der Waals surface area contributed by atoms with Crippen molar-refractivity contribution in [2.45, 2.75) is 33.0 Å². The van der Waals surface area contributed by atoms with E-state index in [1.165, 1.54) is 27.6 Å². The van der Waals surface area contributed by atoms with E-state index in [2.05, 4.69) is 15.3 Å². The van der Waals surface area contributed by atoms with Gasteiger partial charge in [0.05, 0.1) is 13.2 Å². The third-order valence-electron chi connectivity index (χ3n) is 5.10. The van der Waals surface area contributed by atoms with E-state index in [1.807, 2.05) is 0 Å². The number of hydrogen-bond acceptors (Lipinski definition) is 6. The van der Waals surface area contributed by atoms with E-state index in [-0.39, 0.29) is 13.1 Å². The Kier molecular flexibility index (Phi) is 7.46. The molecule has 3 N–H and O–H groups in total. The van der Waals surface area contributed by atoms with E-state index in [9.17, 15) is 24.0 Å². The monoisotopic (exact) mass is 467 g/mol. The number of aryl methyl sites for hydroxylation is 2. The number of rotatable bonds is 8. The lowest BCUT2D eigenvalue weighted by Crippen LogP contribution is -2.45. The first-order valence-electron chi connectivity index (χ1n) is 10.4. The maximum absolute atomic E-state index is 12.6. The maximum Gasteiger partial charge on any atom is 0.328 e. The summed E-state index contributed by atoms with van der Waals surface area (Å²) in [4.78, 5) is 64.9. The van der Waals surface area contributed by atoms with Crippen molar-refractivity contribution >= 4 is 12.0 Å². The van der Waals surface area contributed by atoms with E-state index in [4.69, 9.17) is 4.74 Å². The van der Waals surface area contributed by atoms with Crippen molar-refractivity contribution in [1.82, 2.24) is 24.4 Å². The van der Waals surface area contributed by atoms with Crippen LogP contribution >= 0.6 is 0 Å². The van der Waals surface area contributed by atoms with Gasteiger partial charge >= 0.3 is 11.4 Å². The average molecular weight is 467 g/mol. The molecule has 0 bridgehead atoms. The van der Waals surface area contributed by atoms with Gasteiger partial charge in [-0.05, 0) is 37.6 Å². The summed E-state index contributed by atoms with van der Waals surface area (Å²) in [5, 5.41) is 2.78. The Morgan fingerprint density at radius 1 is 0.941 bits per heavy atom. The van der Waals surface area contributed by atoms with Gasteiger partial charge < -0.3 is 10.1 Å². The molecule has 0 fully saturated rings. The molecule has 178 valence electrons. The predicted molar refractivity (Wildman–Crippen MR) is 126 cm³/mol. The van der Waals surface area contributed by atoms with Crippen LogP contribution in [0.4, 0.5) is 0 Å². The third kappa shape index (κ3) is 6.09. The lowest BCUT2D eigenvalue weighted by Gasteiger charge is -2.20. The molecule has 1 amide bonds. The van der Waals surface area contributed by atoms with Gasteiger partial charge in [-0.3, -0.25) is 33.5 Å². The molecule has 34 heavy (non-hydrogen) atoms. The Hall–Kier alpha value is -4.41. The lowest BCUT2D eigenvalue weighted by atomic mass is 10.2. The zero-order valence-electron chi connectivity index (χ0n) is 19.0. The van der Waals surface area contributed by atoms with Gasteiger partial charge in [0.1, 0.15) is 5.75 Å². The minimum atomic E-state index is -0.723. The molecule has 2 aromatic heterocycles. The van der Waals surface area contributed by atoms with E-state index >= 15 is 0 Å². The van der Waals surface area contributed by atoms with Crippen LogP contribution in [0.1, 0.15) is 16.7 Å². The quantitative estimate of drug-likeness (QED) is 0.395. The Morgan fingerprint density at radius 2 is 1.44 bits per heavy atom. The van der Waals surface area contributed by atoms with E-state index in [0.717, 1.165) is 5.56 Å². The van der Waals surface area contributed by atoms with E-state index in [0.29, 0.717) is 16.9 Å². The summed E-state index contributed by atoms with van der Waals surface area (Å²) < 4.78 is 7.60. The average Bonchev–Trinajstić information content (AvgIpc) is 2.80. The van der Waals surface area contributed by atoms with Gasteiger partial charge in [-0.15, -0.1) is 0 Å². The number of carbonyl (C=O) groups is 1. The van der Waals surface area contributed by atoms with Crippen LogP contribution in [-0.2, 0) is 17.9 Å². The fourth-order valence-electron chi connectivity index (χ4n) is 3.27. The minimum absolute atomic E-state index is 0.0246. The highest BCUT2D eigenvalue weighted by atomic mass is 16.5. The van der Waals surface area contributed by atoms with Gasteiger partial charge in [-0.1, -0.05) is 12.1 Å². The van der Waals surface area contributed by atoms with Gasteiger partial charge in [-0.25, -0.2) is 9.59 Å². The van der Waals surface area contributed by atoms with Crippen molar-refractivity contribution in [3.63, 3.8) is 0 Å². The number of nitrogens with one attached hydrogen (secondary N) is 3. The summed E-state index contributed by atoms with van der Waals surface area (Å²) in [6.07, 6.45) is 5.71. The summed E-state index contributed by atoms with van der Waals surface area (Å²) in [7, 11) is 1.56. The standard InChI is InChI=1S/C23H25N5O6/c1-14-10-27(22(32)25-20(14)30)12-17(13-28-11-15(2)21(31)26-23(28)33)24-19(29)9-6-16-4-7-18(34-3)8-5-16/h4-11,17H,12-13H2,1-3H3,(H,24,29)(H,25,30,32)(H,26,31,33). The zero-order chi connectivity index (χ0) is 24.8. The first-order valence-corrected chi connectivity index (χ1v) is 10.4. The Labute approximate surface area is 193 Å². The van der Waals surface area contributed by atoms with Crippen LogP contribution in [-0.4, -0.2) is 38.2 Å². The minimum Gasteiger partial charge on any atom is -0.497 e. The highest BCUT2D eigenvalue weighted by molar-refractivity contribution is 5.91. The number of methoxy groups -OCH3 is 1. The van der Waals surface area contributed by atoms with Gasteiger partial charge in [0, 0.05) is 42.7 Å². The summed E-state index contributed by atoms with van der Waals surface area (Å²) in [5.41, 5.74) is -0.884. The normalized spacial score (nSPS) is 11.2. The van der Waals surface area contributed by atoms with Crippen LogP contribution in [0.3, 0.4) is 0 Å². The van der Waals surface area contributed by atoms with Crippen LogP contribution in [0.25, 0.3) is 6.08 Å². The Bertz CT molecular complexity index is 1370. The molecule has 1 aromatic carbocycles. The van der Waals surface area contributed by atoms with Crippen molar-refractivity contribution in [2.24, 2.45) is 0 Å². The SMILES string of the molecule is COc1ccc(C=CC(=O)NC(Cn2cc(C)c(=O)[nH]c2=O)Cn2cc(C)c(=O)[nH]c2=O)cc1.